The second-order valence-electron chi connectivity index (χ2n) is 2.79. The molecule has 1 aliphatic rings. The van der Waals surface area contributed by atoms with Gasteiger partial charge in [0.05, 0.1) is 7.11 Å². The largest absolute Gasteiger partial charge is 0.468 e. The molecule has 6 nitrogen and oxygen atoms in total. The predicted octanol–water partition coefficient (Wildman–Crippen LogP) is -1.25. The summed E-state index contributed by atoms with van der Waals surface area (Å²) >= 11 is 0. The van der Waals surface area contributed by atoms with Crippen LogP contribution in [-0.2, 0) is 19.7 Å². The Kier molecular flexibility index (Phi) is 3.23. The van der Waals surface area contributed by atoms with Crippen molar-refractivity contribution in [1.82, 2.24) is 9.44 Å². The van der Waals surface area contributed by atoms with E-state index in [1.165, 1.54) is 7.11 Å². The van der Waals surface area contributed by atoms with Crippen molar-refractivity contribution < 1.29 is 17.9 Å². The first-order valence-corrected chi connectivity index (χ1v) is 5.35. The van der Waals surface area contributed by atoms with Gasteiger partial charge in [0.25, 0.3) is 10.2 Å². The summed E-state index contributed by atoms with van der Waals surface area (Å²) in [6.07, 6.45) is 1.72. The van der Waals surface area contributed by atoms with Crippen LogP contribution in [0.1, 0.15) is 12.8 Å². The molecule has 2 N–H and O–H groups in total. The minimum atomic E-state index is -3.52. The van der Waals surface area contributed by atoms with Crippen molar-refractivity contribution in [3.8, 4) is 0 Å². The number of methoxy groups -OCH3 is 1. The fourth-order valence-corrected chi connectivity index (χ4v) is 1.75. The summed E-state index contributed by atoms with van der Waals surface area (Å²) in [7, 11) is -2.32. The molecule has 76 valence electrons. The molecule has 0 aromatic carbocycles. The summed E-state index contributed by atoms with van der Waals surface area (Å²) in [5, 5.41) is 0. The molecule has 0 saturated heterocycles. The van der Waals surface area contributed by atoms with E-state index in [9.17, 15) is 13.2 Å². The highest BCUT2D eigenvalue weighted by Gasteiger charge is 2.26. The van der Waals surface area contributed by atoms with Crippen molar-refractivity contribution in [1.29, 1.82) is 0 Å². The van der Waals surface area contributed by atoms with Gasteiger partial charge in [0.2, 0.25) is 0 Å². The van der Waals surface area contributed by atoms with E-state index in [0.717, 1.165) is 12.8 Å². The van der Waals surface area contributed by atoms with Crippen molar-refractivity contribution in [3.63, 3.8) is 0 Å². The quantitative estimate of drug-likeness (QED) is 0.553. The third kappa shape index (κ3) is 4.20. The maximum atomic E-state index is 11.1. The molecular weight excluding hydrogens is 196 g/mol. The number of ether oxygens (including phenoxy) is 1. The number of rotatable bonds is 5. The second-order valence-corrected chi connectivity index (χ2v) is 4.32. The lowest BCUT2D eigenvalue weighted by molar-refractivity contribution is -0.139. The Morgan fingerprint density at radius 1 is 1.54 bits per heavy atom. The molecule has 0 radical (unpaired) electrons. The zero-order valence-corrected chi connectivity index (χ0v) is 8.06. The first-order valence-electron chi connectivity index (χ1n) is 3.87. The first-order chi connectivity index (χ1) is 6.03. The van der Waals surface area contributed by atoms with E-state index in [0.29, 0.717) is 0 Å². The zero-order valence-electron chi connectivity index (χ0n) is 7.24. The molecule has 7 heteroatoms. The molecule has 1 aliphatic carbocycles. The molecule has 0 heterocycles. The number of carbonyl (C=O) groups is 1. The lowest BCUT2D eigenvalue weighted by Gasteiger charge is -2.05. The van der Waals surface area contributed by atoms with Gasteiger partial charge in [0, 0.05) is 6.04 Å². The van der Waals surface area contributed by atoms with Crippen molar-refractivity contribution >= 4 is 16.2 Å². The highest BCUT2D eigenvalue weighted by molar-refractivity contribution is 7.87. The van der Waals surface area contributed by atoms with Gasteiger partial charge >= 0.3 is 5.97 Å². The molecular formula is C6H12N2O4S. The molecule has 1 saturated carbocycles. The lowest BCUT2D eigenvalue weighted by Crippen LogP contribution is -2.40. The van der Waals surface area contributed by atoms with Gasteiger partial charge in [-0.15, -0.1) is 0 Å². The molecule has 0 spiro atoms. The third-order valence-electron chi connectivity index (χ3n) is 1.53. The van der Waals surface area contributed by atoms with Crippen molar-refractivity contribution in [2.24, 2.45) is 0 Å². The number of carbonyl (C=O) groups excluding carboxylic acids is 1. The highest BCUT2D eigenvalue weighted by atomic mass is 32.2. The molecule has 0 aromatic rings. The van der Waals surface area contributed by atoms with Crippen LogP contribution in [0.15, 0.2) is 0 Å². The third-order valence-corrected chi connectivity index (χ3v) is 2.70. The zero-order chi connectivity index (χ0) is 9.90. The van der Waals surface area contributed by atoms with Gasteiger partial charge in [-0.05, 0) is 12.8 Å². The molecule has 0 bridgehead atoms. The van der Waals surface area contributed by atoms with Crippen LogP contribution in [0.25, 0.3) is 0 Å². The van der Waals surface area contributed by atoms with Gasteiger partial charge in [-0.1, -0.05) is 0 Å². The van der Waals surface area contributed by atoms with Crippen LogP contribution >= 0.6 is 0 Å². The maximum Gasteiger partial charge on any atom is 0.320 e. The standard InChI is InChI=1S/C6H12N2O4S/c1-12-6(9)4-7-13(10,11)8-5-2-3-5/h5,7-8H,2-4H2,1H3. The maximum absolute atomic E-state index is 11.1. The summed E-state index contributed by atoms with van der Waals surface area (Å²) < 4.78 is 30.8. The van der Waals surface area contributed by atoms with Gasteiger partial charge in [0.15, 0.2) is 0 Å². The van der Waals surface area contributed by atoms with Crippen LogP contribution in [0.4, 0.5) is 0 Å². The van der Waals surface area contributed by atoms with E-state index in [4.69, 9.17) is 0 Å². The minimum Gasteiger partial charge on any atom is -0.468 e. The molecule has 0 unspecified atom stereocenters. The first kappa shape index (κ1) is 10.4. The molecule has 0 atom stereocenters. The fraction of sp³-hybridized carbons (Fsp3) is 0.833. The van der Waals surface area contributed by atoms with E-state index in [2.05, 4.69) is 14.2 Å². The smallest absolute Gasteiger partial charge is 0.320 e. The fourth-order valence-electron chi connectivity index (χ4n) is 0.688. The Morgan fingerprint density at radius 3 is 2.62 bits per heavy atom. The summed E-state index contributed by atoms with van der Waals surface area (Å²) in [4.78, 5) is 10.6. The van der Waals surface area contributed by atoms with Gasteiger partial charge < -0.3 is 4.74 Å². The number of esters is 1. The van der Waals surface area contributed by atoms with Crippen molar-refractivity contribution in [3.05, 3.63) is 0 Å². The molecule has 13 heavy (non-hydrogen) atoms. The number of hydrogen-bond donors (Lipinski definition) is 2. The molecule has 0 aliphatic heterocycles. The molecule has 1 rings (SSSR count). The minimum absolute atomic E-state index is 0.0372. The predicted molar refractivity (Wildman–Crippen MR) is 45.1 cm³/mol. The molecule has 0 aromatic heterocycles. The van der Waals surface area contributed by atoms with E-state index < -0.39 is 16.2 Å². The summed E-state index contributed by atoms with van der Waals surface area (Å²) in [5.74, 6) is -0.610. The van der Waals surface area contributed by atoms with Gasteiger partial charge in [-0.25, -0.2) is 0 Å². The Balaban J connectivity index is 2.28. The van der Waals surface area contributed by atoms with E-state index >= 15 is 0 Å². The SMILES string of the molecule is COC(=O)CNS(=O)(=O)NC1CC1. The summed E-state index contributed by atoms with van der Waals surface area (Å²) in [6, 6.07) is 0.0372. The monoisotopic (exact) mass is 208 g/mol. The topological polar surface area (TPSA) is 84.5 Å². The number of hydrogen-bond acceptors (Lipinski definition) is 4. The van der Waals surface area contributed by atoms with Crippen molar-refractivity contribution in [2.45, 2.75) is 18.9 Å². The van der Waals surface area contributed by atoms with Gasteiger partial charge in [-0.3, -0.25) is 4.79 Å². The second kappa shape index (κ2) is 4.03. The average molecular weight is 208 g/mol. The van der Waals surface area contributed by atoms with Crippen LogP contribution in [-0.4, -0.2) is 34.1 Å². The van der Waals surface area contributed by atoms with Crippen LogP contribution in [0.5, 0.6) is 0 Å². The average Bonchev–Trinajstić information content (AvgIpc) is 2.83. The van der Waals surface area contributed by atoms with Crippen LogP contribution in [0.3, 0.4) is 0 Å². The van der Waals surface area contributed by atoms with E-state index in [-0.39, 0.29) is 12.6 Å². The Hall–Kier alpha value is -0.660. The number of nitrogens with one attached hydrogen (secondary N) is 2. The van der Waals surface area contributed by atoms with Crippen molar-refractivity contribution in [2.75, 3.05) is 13.7 Å². The Labute approximate surface area is 76.8 Å². The van der Waals surface area contributed by atoms with Gasteiger partial charge in [-0.2, -0.15) is 17.9 Å². The van der Waals surface area contributed by atoms with Crippen LogP contribution in [0.2, 0.25) is 0 Å². The Bertz CT molecular complexity index is 283. The van der Waals surface area contributed by atoms with Crippen LogP contribution in [0, 0.1) is 0 Å². The summed E-state index contributed by atoms with van der Waals surface area (Å²) in [5.41, 5.74) is 0. The van der Waals surface area contributed by atoms with E-state index in [1.807, 2.05) is 0 Å². The molecule has 1 fully saturated rings. The summed E-state index contributed by atoms with van der Waals surface area (Å²) in [6.45, 7) is -0.335. The van der Waals surface area contributed by atoms with Gasteiger partial charge in [0.1, 0.15) is 6.54 Å². The lowest BCUT2D eigenvalue weighted by atomic mass is 10.7. The molecule has 0 amide bonds. The Morgan fingerprint density at radius 2 is 2.15 bits per heavy atom. The van der Waals surface area contributed by atoms with Crippen LogP contribution < -0.4 is 9.44 Å². The van der Waals surface area contributed by atoms with E-state index in [1.54, 1.807) is 0 Å². The normalized spacial score (nSPS) is 17.0. The highest BCUT2D eigenvalue weighted by Crippen LogP contribution is 2.19.